The highest BCUT2D eigenvalue weighted by Crippen LogP contribution is 2.09. The summed E-state index contributed by atoms with van der Waals surface area (Å²) in [5.41, 5.74) is 0. The summed E-state index contributed by atoms with van der Waals surface area (Å²) < 4.78 is 0. The Kier molecular flexibility index (Phi) is 12.2. The van der Waals surface area contributed by atoms with E-state index in [2.05, 4.69) is 24.7 Å². The van der Waals surface area contributed by atoms with Gasteiger partial charge in [0, 0.05) is 0 Å². The van der Waals surface area contributed by atoms with Gasteiger partial charge in [0.2, 0.25) is 0 Å². The van der Waals surface area contributed by atoms with E-state index in [0.717, 1.165) is 0 Å². The van der Waals surface area contributed by atoms with Gasteiger partial charge in [-0.3, -0.25) is 0 Å². The van der Waals surface area contributed by atoms with Gasteiger partial charge in [0.05, 0.1) is 0 Å². The molecule has 0 radical (unpaired) electrons. The monoisotopic (exact) mass is 200 g/mol. The number of unbranched alkanes of at least 4 members (excludes halogenated alkanes) is 7. The van der Waals surface area contributed by atoms with Crippen LogP contribution < -0.4 is 0 Å². The molecule has 0 nitrogen and oxygen atoms in total. The molecule has 0 aliphatic carbocycles. The summed E-state index contributed by atoms with van der Waals surface area (Å²) in [6, 6.07) is 0. The van der Waals surface area contributed by atoms with Crippen molar-refractivity contribution in [2.24, 2.45) is 0 Å². The van der Waals surface area contributed by atoms with Crippen LogP contribution in [-0.2, 0) is 0 Å². The lowest BCUT2D eigenvalue weighted by molar-refractivity contribution is 0.592. The van der Waals surface area contributed by atoms with Gasteiger partial charge in [-0.2, -0.15) is 0 Å². The maximum absolute atomic E-state index is 2.29. The zero-order valence-corrected chi connectivity index (χ0v) is 10.0. The predicted octanol–water partition coefficient (Wildman–Crippen LogP) is 5.00. The molecular weight excluding hydrogens is 176 g/mol. The highest BCUT2D eigenvalue weighted by atomic mass is 32.2. The number of hydrogen-bond donors (Lipinski definition) is 0. The minimum atomic E-state index is 1.27. The van der Waals surface area contributed by atoms with E-state index < -0.39 is 0 Å². The maximum Gasteiger partial charge on any atom is -0.0142 e. The smallest absolute Gasteiger partial charge is 0.0142 e. The van der Waals surface area contributed by atoms with Crippen molar-refractivity contribution in [1.29, 1.82) is 0 Å². The number of hydrogen-bond acceptors (Lipinski definition) is 1. The SMILES string of the molecule is CCCCCCCCC/C=C/SC. The molecule has 0 aromatic heterocycles. The summed E-state index contributed by atoms with van der Waals surface area (Å²) in [6.45, 7) is 2.27. The average molecular weight is 200 g/mol. The Morgan fingerprint density at radius 1 is 0.923 bits per heavy atom. The molecule has 0 amide bonds. The Morgan fingerprint density at radius 3 is 2.15 bits per heavy atom. The summed E-state index contributed by atoms with van der Waals surface area (Å²) >= 11 is 1.80. The van der Waals surface area contributed by atoms with Crippen LogP contribution in [0, 0.1) is 0 Å². The Bertz CT molecular complexity index is 108. The van der Waals surface area contributed by atoms with Crippen LogP contribution in [0.1, 0.15) is 58.3 Å². The molecule has 0 heterocycles. The summed E-state index contributed by atoms with van der Waals surface area (Å²) in [6.07, 6.45) is 15.6. The number of rotatable bonds is 9. The van der Waals surface area contributed by atoms with Crippen molar-refractivity contribution >= 4 is 11.8 Å². The molecule has 0 aliphatic heterocycles. The number of allylic oxidation sites excluding steroid dienone is 1. The van der Waals surface area contributed by atoms with Crippen LogP contribution in [0.4, 0.5) is 0 Å². The molecule has 0 bridgehead atoms. The van der Waals surface area contributed by atoms with Crippen molar-refractivity contribution in [3.8, 4) is 0 Å². The first-order valence-corrected chi connectivity index (χ1v) is 6.88. The normalized spacial score (nSPS) is 11.2. The summed E-state index contributed by atoms with van der Waals surface area (Å²) in [5.74, 6) is 0. The van der Waals surface area contributed by atoms with E-state index in [-0.39, 0.29) is 0 Å². The molecule has 78 valence electrons. The third-order valence-corrected chi connectivity index (χ3v) is 2.67. The minimum absolute atomic E-state index is 1.27. The van der Waals surface area contributed by atoms with Crippen LogP contribution in [0.3, 0.4) is 0 Å². The fourth-order valence-electron chi connectivity index (χ4n) is 1.38. The standard InChI is InChI=1S/C12H24S/c1-3-4-5-6-7-8-9-10-11-12-13-2/h11-12H,3-10H2,1-2H3/b12-11+. The highest BCUT2D eigenvalue weighted by molar-refractivity contribution is 8.01. The first kappa shape index (κ1) is 13.1. The van der Waals surface area contributed by atoms with Gasteiger partial charge in [-0.25, -0.2) is 0 Å². The molecule has 13 heavy (non-hydrogen) atoms. The van der Waals surface area contributed by atoms with Gasteiger partial charge >= 0.3 is 0 Å². The second kappa shape index (κ2) is 12.1. The predicted molar refractivity (Wildman–Crippen MR) is 65.3 cm³/mol. The van der Waals surface area contributed by atoms with E-state index in [4.69, 9.17) is 0 Å². The molecule has 0 atom stereocenters. The molecule has 0 fully saturated rings. The van der Waals surface area contributed by atoms with E-state index in [1.807, 2.05) is 0 Å². The molecule has 0 unspecified atom stereocenters. The lowest BCUT2D eigenvalue weighted by atomic mass is 10.1. The molecule has 0 aromatic carbocycles. The third kappa shape index (κ3) is 12.1. The lowest BCUT2D eigenvalue weighted by Crippen LogP contribution is -1.78. The van der Waals surface area contributed by atoms with Gasteiger partial charge in [0.25, 0.3) is 0 Å². The largest absolute Gasteiger partial charge is 0.138 e. The summed E-state index contributed by atoms with van der Waals surface area (Å²) in [7, 11) is 0. The van der Waals surface area contributed by atoms with Gasteiger partial charge in [-0.05, 0) is 24.5 Å². The molecular formula is C12H24S. The Hall–Kier alpha value is 0.0900. The molecule has 0 spiro atoms. The quantitative estimate of drug-likeness (QED) is 0.472. The van der Waals surface area contributed by atoms with Gasteiger partial charge in [0.1, 0.15) is 0 Å². The number of thioether (sulfide) groups is 1. The van der Waals surface area contributed by atoms with Crippen LogP contribution >= 0.6 is 11.8 Å². The van der Waals surface area contributed by atoms with Crippen molar-refractivity contribution in [3.05, 3.63) is 11.5 Å². The van der Waals surface area contributed by atoms with Crippen LogP contribution in [0.5, 0.6) is 0 Å². The fraction of sp³-hybridized carbons (Fsp3) is 0.833. The van der Waals surface area contributed by atoms with Gasteiger partial charge < -0.3 is 0 Å². The van der Waals surface area contributed by atoms with Gasteiger partial charge in [-0.15, -0.1) is 11.8 Å². The molecule has 0 aromatic rings. The zero-order valence-electron chi connectivity index (χ0n) is 9.22. The van der Waals surface area contributed by atoms with Crippen LogP contribution in [0.2, 0.25) is 0 Å². The zero-order chi connectivity index (χ0) is 9.78. The summed E-state index contributed by atoms with van der Waals surface area (Å²) in [4.78, 5) is 0. The van der Waals surface area contributed by atoms with E-state index in [9.17, 15) is 0 Å². The second-order valence-corrected chi connectivity index (χ2v) is 4.26. The van der Waals surface area contributed by atoms with Gasteiger partial charge in [-0.1, -0.05) is 51.5 Å². The van der Waals surface area contributed by atoms with Crippen molar-refractivity contribution in [1.82, 2.24) is 0 Å². The Labute approximate surface area is 88.2 Å². The van der Waals surface area contributed by atoms with Crippen molar-refractivity contribution < 1.29 is 0 Å². The maximum atomic E-state index is 2.29. The summed E-state index contributed by atoms with van der Waals surface area (Å²) in [5, 5.41) is 2.19. The third-order valence-electron chi connectivity index (χ3n) is 2.21. The topological polar surface area (TPSA) is 0 Å². The first-order chi connectivity index (χ1) is 6.41. The fourth-order valence-corrected chi connectivity index (χ4v) is 1.71. The molecule has 0 saturated heterocycles. The lowest BCUT2D eigenvalue weighted by Gasteiger charge is -1.98. The van der Waals surface area contributed by atoms with Crippen molar-refractivity contribution in [2.75, 3.05) is 6.26 Å². The first-order valence-electron chi connectivity index (χ1n) is 5.59. The molecule has 0 N–H and O–H groups in total. The van der Waals surface area contributed by atoms with Crippen LogP contribution in [0.25, 0.3) is 0 Å². The van der Waals surface area contributed by atoms with Crippen LogP contribution in [0.15, 0.2) is 11.5 Å². The van der Waals surface area contributed by atoms with Crippen LogP contribution in [-0.4, -0.2) is 6.26 Å². The van der Waals surface area contributed by atoms with Gasteiger partial charge in [0.15, 0.2) is 0 Å². The van der Waals surface area contributed by atoms with Crippen molar-refractivity contribution in [2.45, 2.75) is 58.3 Å². The van der Waals surface area contributed by atoms with E-state index in [0.29, 0.717) is 0 Å². The van der Waals surface area contributed by atoms with E-state index in [1.165, 1.54) is 51.4 Å². The Morgan fingerprint density at radius 2 is 1.54 bits per heavy atom. The Balaban J connectivity index is 2.87. The molecule has 0 aliphatic rings. The minimum Gasteiger partial charge on any atom is -0.138 e. The molecule has 0 rings (SSSR count). The van der Waals surface area contributed by atoms with E-state index in [1.54, 1.807) is 11.8 Å². The molecule has 0 saturated carbocycles. The average Bonchev–Trinajstić information content (AvgIpc) is 2.16. The second-order valence-electron chi connectivity index (χ2n) is 3.52. The van der Waals surface area contributed by atoms with E-state index >= 15 is 0 Å². The highest BCUT2D eigenvalue weighted by Gasteiger charge is 1.88. The molecule has 1 heteroatoms. The van der Waals surface area contributed by atoms with Crippen molar-refractivity contribution in [3.63, 3.8) is 0 Å².